The number of ether oxygens (including phenoxy) is 1. The van der Waals surface area contributed by atoms with E-state index in [-0.39, 0.29) is 0 Å². The Morgan fingerprint density at radius 1 is 1.40 bits per heavy atom. The maximum Gasteiger partial charge on any atom is 0.242 e. The van der Waals surface area contributed by atoms with Crippen LogP contribution in [0.5, 0.6) is 0 Å². The van der Waals surface area contributed by atoms with Crippen LogP contribution in [0, 0.1) is 0 Å². The molecule has 1 heterocycles. The molecular weight excluding hydrogens is 258 g/mol. The van der Waals surface area contributed by atoms with Gasteiger partial charge in [0.05, 0.1) is 0 Å². The van der Waals surface area contributed by atoms with Gasteiger partial charge in [-0.2, -0.15) is 0 Å². The monoisotopic (exact) mass is 281 g/mol. The Morgan fingerprint density at radius 3 is 2.60 bits per heavy atom. The van der Waals surface area contributed by atoms with E-state index < -0.39 is 11.4 Å². The van der Waals surface area contributed by atoms with Crippen molar-refractivity contribution in [2.45, 2.75) is 39.3 Å². The number of hydrogen-bond acceptors (Lipinski definition) is 6. The SMILES string of the molecule is CCCNc1cc(NC(C)(C)C(N)=O)nc(COC)n1. The first-order valence-electron chi connectivity index (χ1n) is 6.58. The van der Waals surface area contributed by atoms with Gasteiger partial charge in [0.1, 0.15) is 23.8 Å². The fraction of sp³-hybridized carbons (Fsp3) is 0.615. The van der Waals surface area contributed by atoms with Crippen molar-refractivity contribution < 1.29 is 9.53 Å². The fourth-order valence-electron chi connectivity index (χ4n) is 1.48. The molecule has 0 aliphatic rings. The molecule has 4 N–H and O–H groups in total. The van der Waals surface area contributed by atoms with Gasteiger partial charge in [0.2, 0.25) is 5.91 Å². The first kappa shape index (κ1) is 16.2. The molecule has 1 aromatic heterocycles. The van der Waals surface area contributed by atoms with Crippen LogP contribution in [0.2, 0.25) is 0 Å². The second-order valence-electron chi connectivity index (χ2n) is 5.03. The number of rotatable bonds is 8. The molecular formula is C13H23N5O2. The molecule has 0 aliphatic heterocycles. The Morgan fingerprint density at radius 2 is 2.05 bits per heavy atom. The predicted molar refractivity (Wildman–Crippen MR) is 78.4 cm³/mol. The Labute approximate surface area is 119 Å². The summed E-state index contributed by atoms with van der Waals surface area (Å²) in [5, 5.41) is 6.20. The lowest BCUT2D eigenvalue weighted by Gasteiger charge is -2.23. The van der Waals surface area contributed by atoms with Gasteiger partial charge in [0.15, 0.2) is 5.82 Å². The molecule has 0 saturated heterocycles. The summed E-state index contributed by atoms with van der Waals surface area (Å²) in [5.41, 5.74) is 4.46. The first-order chi connectivity index (χ1) is 9.39. The van der Waals surface area contributed by atoms with Crippen molar-refractivity contribution in [1.82, 2.24) is 9.97 Å². The molecule has 0 aliphatic carbocycles. The highest BCUT2D eigenvalue weighted by atomic mass is 16.5. The number of carbonyl (C=O) groups excluding carboxylic acids is 1. The fourth-order valence-corrected chi connectivity index (χ4v) is 1.48. The van der Waals surface area contributed by atoms with Gasteiger partial charge >= 0.3 is 0 Å². The van der Waals surface area contributed by atoms with Gasteiger partial charge in [-0.1, -0.05) is 6.92 Å². The number of aromatic nitrogens is 2. The number of methoxy groups -OCH3 is 1. The standard InChI is InChI=1S/C13H23N5O2/c1-5-6-15-9-7-10(17-11(16-9)8-20-4)18-13(2,3)12(14)19/h7H,5-6,8H2,1-4H3,(H2,14,19)(H2,15,16,17,18). The Balaban J connectivity index is 2.98. The summed E-state index contributed by atoms with van der Waals surface area (Å²) in [5.74, 6) is 1.31. The van der Waals surface area contributed by atoms with E-state index in [1.165, 1.54) is 0 Å². The van der Waals surface area contributed by atoms with E-state index in [1.54, 1.807) is 27.0 Å². The molecule has 0 atom stereocenters. The van der Waals surface area contributed by atoms with Gasteiger partial charge in [0.25, 0.3) is 0 Å². The molecule has 1 rings (SSSR count). The molecule has 7 heteroatoms. The van der Waals surface area contributed by atoms with Crippen LogP contribution in [0.1, 0.15) is 33.0 Å². The van der Waals surface area contributed by atoms with Crippen LogP contribution in [-0.2, 0) is 16.1 Å². The molecule has 7 nitrogen and oxygen atoms in total. The highest BCUT2D eigenvalue weighted by molar-refractivity contribution is 5.86. The second kappa shape index (κ2) is 7.04. The van der Waals surface area contributed by atoms with Gasteiger partial charge in [-0.05, 0) is 20.3 Å². The largest absolute Gasteiger partial charge is 0.377 e. The van der Waals surface area contributed by atoms with Crippen LogP contribution < -0.4 is 16.4 Å². The van der Waals surface area contributed by atoms with E-state index in [4.69, 9.17) is 10.5 Å². The van der Waals surface area contributed by atoms with E-state index in [1.807, 2.05) is 0 Å². The molecule has 112 valence electrons. The van der Waals surface area contributed by atoms with Crippen molar-refractivity contribution in [2.24, 2.45) is 5.73 Å². The lowest BCUT2D eigenvalue weighted by atomic mass is 10.1. The van der Waals surface area contributed by atoms with E-state index in [2.05, 4.69) is 27.5 Å². The summed E-state index contributed by atoms with van der Waals surface area (Å²) >= 11 is 0. The summed E-state index contributed by atoms with van der Waals surface area (Å²) in [6, 6.07) is 1.75. The summed E-state index contributed by atoms with van der Waals surface area (Å²) < 4.78 is 5.05. The molecule has 0 fully saturated rings. The first-order valence-corrected chi connectivity index (χ1v) is 6.58. The minimum absolute atomic E-state index is 0.299. The highest BCUT2D eigenvalue weighted by Gasteiger charge is 2.25. The zero-order valence-corrected chi connectivity index (χ0v) is 12.5. The van der Waals surface area contributed by atoms with Crippen LogP contribution >= 0.6 is 0 Å². The van der Waals surface area contributed by atoms with Gasteiger partial charge in [0, 0.05) is 19.7 Å². The Hall–Kier alpha value is -1.89. The number of carbonyl (C=O) groups is 1. The van der Waals surface area contributed by atoms with Gasteiger partial charge in [-0.3, -0.25) is 4.79 Å². The van der Waals surface area contributed by atoms with Crippen molar-refractivity contribution in [3.05, 3.63) is 11.9 Å². The summed E-state index contributed by atoms with van der Waals surface area (Å²) in [6.45, 7) is 6.58. The van der Waals surface area contributed by atoms with Crippen LogP contribution in [-0.4, -0.2) is 35.1 Å². The van der Waals surface area contributed by atoms with Crippen molar-refractivity contribution >= 4 is 17.5 Å². The van der Waals surface area contributed by atoms with Crippen molar-refractivity contribution in [1.29, 1.82) is 0 Å². The number of nitrogens with two attached hydrogens (primary N) is 1. The average molecular weight is 281 g/mol. The highest BCUT2D eigenvalue weighted by Crippen LogP contribution is 2.17. The van der Waals surface area contributed by atoms with Crippen molar-refractivity contribution in [3.63, 3.8) is 0 Å². The zero-order valence-electron chi connectivity index (χ0n) is 12.5. The quantitative estimate of drug-likeness (QED) is 0.660. The molecule has 0 saturated carbocycles. The molecule has 20 heavy (non-hydrogen) atoms. The normalized spacial score (nSPS) is 11.2. The van der Waals surface area contributed by atoms with Crippen molar-refractivity contribution in [2.75, 3.05) is 24.3 Å². The topological polar surface area (TPSA) is 102 Å². The van der Waals surface area contributed by atoms with Gasteiger partial charge in [-0.25, -0.2) is 9.97 Å². The number of anilines is 2. The third kappa shape index (κ3) is 4.65. The molecule has 0 spiro atoms. The number of hydrogen-bond donors (Lipinski definition) is 3. The van der Waals surface area contributed by atoms with Crippen molar-refractivity contribution in [3.8, 4) is 0 Å². The minimum atomic E-state index is -0.888. The third-order valence-corrected chi connectivity index (χ3v) is 2.66. The van der Waals surface area contributed by atoms with Crippen LogP contribution in [0.15, 0.2) is 6.07 Å². The van der Waals surface area contributed by atoms with Crippen LogP contribution in [0.4, 0.5) is 11.6 Å². The lowest BCUT2D eigenvalue weighted by Crippen LogP contribution is -2.45. The average Bonchev–Trinajstić information content (AvgIpc) is 2.35. The second-order valence-corrected chi connectivity index (χ2v) is 5.03. The Bertz CT molecular complexity index is 462. The summed E-state index contributed by atoms with van der Waals surface area (Å²) in [6.07, 6.45) is 0.985. The number of nitrogens with one attached hydrogen (secondary N) is 2. The van der Waals surface area contributed by atoms with E-state index in [0.717, 1.165) is 13.0 Å². The van der Waals surface area contributed by atoms with E-state index in [0.29, 0.717) is 24.1 Å². The van der Waals surface area contributed by atoms with Crippen LogP contribution in [0.25, 0.3) is 0 Å². The number of primary amides is 1. The summed E-state index contributed by atoms with van der Waals surface area (Å²) in [7, 11) is 1.58. The predicted octanol–water partition coefficient (Wildman–Crippen LogP) is 1.12. The molecule has 0 unspecified atom stereocenters. The molecule has 1 aromatic rings. The van der Waals surface area contributed by atoms with E-state index >= 15 is 0 Å². The molecule has 1 amide bonds. The third-order valence-electron chi connectivity index (χ3n) is 2.66. The minimum Gasteiger partial charge on any atom is -0.377 e. The van der Waals surface area contributed by atoms with Crippen LogP contribution in [0.3, 0.4) is 0 Å². The number of nitrogens with zero attached hydrogens (tertiary/aromatic N) is 2. The zero-order chi connectivity index (χ0) is 15.2. The maximum atomic E-state index is 11.4. The number of amides is 1. The maximum absolute atomic E-state index is 11.4. The van der Waals surface area contributed by atoms with Gasteiger partial charge < -0.3 is 21.1 Å². The smallest absolute Gasteiger partial charge is 0.242 e. The summed E-state index contributed by atoms with van der Waals surface area (Å²) in [4.78, 5) is 20.0. The van der Waals surface area contributed by atoms with Gasteiger partial charge in [-0.15, -0.1) is 0 Å². The lowest BCUT2D eigenvalue weighted by molar-refractivity contribution is -0.121. The van der Waals surface area contributed by atoms with E-state index in [9.17, 15) is 4.79 Å². The molecule has 0 radical (unpaired) electrons. The Kier molecular flexibility index (Phi) is 5.69. The molecule has 0 aromatic carbocycles. The molecule has 0 bridgehead atoms.